The largest absolute Gasteiger partial charge is 0.390 e. The maximum absolute atomic E-state index is 13.3. The first kappa shape index (κ1) is 8.66. The second kappa shape index (κ2) is 2.79. The third kappa shape index (κ3) is 1.24. The molecule has 2 nitrogen and oxygen atoms in total. The second-order valence-electron chi connectivity index (χ2n) is 3.33. The molecule has 0 amide bonds. The molecule has 0 aromatic heterocycles. The Hall–Kier alpha value is -0.930. The van der Waals surface area contributed by atoms with Crippen LogP contribution in [-0.4, -0.2) is 17.8 Å². The third-order valence-corrected chi connectivity index (χ3v) is 2.46. The molecule has 0 bridgehead atoms. The van der Waals surface area contributed by atoms with Crippen molar-refractivity contribution in [2.24, 2.45) is 0 Å². The van der Waals surface area contributed by atoms with Gasteiger partial charge in [-0.2, -0.15) is 0 Å². The minimum Gasteiger partial charge on any atom is -0.390 e. The maximum Gasteiger partial charge on any atom is 0.145 e. The Kier molecular flexibility index (Phi) is 1.86. The van der Waals surface area contributed by atoms with Gasteiger partial charge in [-0.1, -0.05) is 18.2 Å². The average Bonchev–Trinajstić information content (AvgIpc) is 2.85. The highest BCUT2D eigenvalue weighted by Gasteiger charge is 2.52. The Morgan fingerprint density at radius 1 is 1.54 bits per heavy atom. The van der Waals surface area contributed by atoms with Gasteiger partial charge in [0.1, 0.15) is 11.4 Å². The van der Waals surface area contributed by atoms with E-state index in [4.69, 9.17) is 4.74 Å². The van der Waals surface area contributed by atoms with E-state index < -0.39 is 11.7 Å². The maximum atomic E-state index is 13.3. The lowest BCUT2D eigenvalue weighted by atomic mass is 9.94. The van der Waals surface area contributed by atoms with Gasteiger partial charge in [-0.3, -0.25) is 0 Å². The summed E-state index contributed by atoms with van der Waals surface area (Å²) in [7, 11) is 0. The minimum absolute atomic E-state index is 0.319. The highest BCUT2D eigenvalue weighted by molar-refractivity contribution is 5.29. The van der Waals surface area contributed by atoms with E-state index in [9.17, 15) is 9.50 Å². The number of aliphatic hydroxyl groups excluding tert-OH is 1. The summed E-state index contributed by atoms with van der Waals surface area (Å²) >= 11 is 0. The molecule has 1 N–H and O–H groups in total. The highest BCUT2D eigenvalue weighted by Crippen LogP contribution is 2.42. The SMILES string of the molecule is CC(O)C1(c2ccccc2F)CO1. The second-order valence-corrected chi connectivity index (χ2v) is 3.33. The Labute approximate surface area is 76.0 Å². The lowest BCUT2D eigenvalue weighted by Crippen LogP contribution is -2.25. The summed E-state index contributed by atoms with van der Waals surface area (Å²) in [6.07, 6.45) is -0.676. The van der Waals surface area contributed by atoms with Crippen molar-refractivity contribution in [1.29, 1.82) is 0 Å². The molecule has 0 spiro atoms. The number of hydrogen-bond donors (Lipinski definition) is 1. The van der Waals surface area contributed by atoms with Crippen LogP contribution in [-0.2, 0) is 10.3 Å². The van der Waals surface area contributed by atoms with Crippen LogP contribution < -0.4 is 0 Å². The summed E-state index contributed by atoms with van der Waals surface area (Å²) in [5.74, 6) is -0.319. The molecule has 1 aromatic rings. The van der Waals surface area contributed by atoms with Gasteiger partial charge in [-0.15, -0.1) is 0 Å². The fraction of sp³-hybridized carbons (Fsp3) is 0.400. The molecule has 70 valence electrons. The molecule has 2 atom stereocenters. The van der Waals surface area contributed by atoms with Crippen molar-refractivity contribution in [3.8, 4) is 0 Å². The standard InChI is InChI=1S/C10H11FO2/c1-7(12)10(6-13-10)8-4-2-3-5-9(8)11/h2-5,7,12H,6H2,1H3. The smallest absolute Gasteiger partial charge is 0.145 e. The van der Waals surface area contributed by atoms with E-state index in [1.807, 2.05) is 0 Å². The number of hydrogen-bond acceptors (Lipinski definition) is 2. The first-order valence-electron chi connectivity index (χ1n) is 4.24. The highest BCUT2D eigenvalue weighted by atomic mass is 19.1. The van der Waals surface area contributed by atoms with E-state index in [0.29, 0.717) is 12.2 Å². The first-order chi connectivity index (χ1) is 6.17. The van der Waals surface area contributed by atoms with Crippen LogP contribution in [0.4, 0.5) is 4.39 Å². The Morgan fingerprint density at radius 3 is 2.62 bits per heavy atom. The molecule has 1 heterocycles. The van der Waals surface area contributed by atoms with Crippen LogP contribution in [0, 0.1) is 5.82 Å². The van der Waals surface area contributed by atoms with Crippen LogP contribution in [0.25, 0.3) is 0 Å². The first-order valence-corrected chi connectivity index (χ1v) is 4.24. The lowest BCUT2D eigenvalue weighted by molar-refractivity contribution is 0.0863. The molecule has 1 fully saturated rings. The molecule has 3 heteroatoms. The van der Waals surface area contributed by atoms with E-state index in [1.54, 1.807) is 25.1 Å². The predicted molar refractivity (Wildman–Crippen MR) is 45.7 cm³/mol. The van der Waals surface area contributed by atoms with Gasteiger partial charge in [0.2, 0.25) is 0 Å². The van der Waals surface area contributed by atoms with Crippen molar-refractivity contribution in [1.82, 2.24) is 0 Å². The van der Waals surface area contributed by atoms with Crippen molar-refractivity contribution in [3.63, 3.8) is 0 Å². The van der Waals surface area contributed by atoms with Crippen LogP contribution >= 0.6 is 0 Å². The number of aliphatic hydroxyl groups is 1. The zero-order chi connectivity index (χ0) is 9.47. The topological polar surface area (TPSA) is 32.8 Å². The predicted octanol–water partition coefficient (Wildman–Crippen LogP) is 1.43. The molecule has 2 rings (SSSR count). The third-order valence-electron chi connectivity index (χ3n) is 2.46. The minimum atomic E-state index is -0.786. The van der Waals surface area contributed by atoms with Crippen LogP contribution in [0.15, 0.2) is 24.3 Å². The summed E-state index contributed by atoms with van der Waals surface area (Å²) in [5.41, 5.74) is -0.337. The number of benzene rings is 1. The fourth-order valence-corrected chi connectivity index (χ4v) is 1.50. The molecule has 13 heavy (non-hydrogen) atoms. The normalized spacial score (nSPS) is 28.5. The molecule has 1 aliphatic rings. The molecule has 0 saturated carbocycles. The fourth-order valence-electron chi connectivity index (χ4n) is 1.50. The van der Waals surface area contributed by atoms with Crippen molar-refractivity contribution in [2.45, 2.75) is 18.6 Å². The summed E-state index contributed by atoms with van der Waals surface area (Å²) in [6.45, 7) is 2.00. The molecule has 0 radical (unpaired) electrons. The van der Waals surface area contributed by atoms with Crippen LogP contribution in [0.1, 0.15) is 12.5 Å². The zero-order valence-corrected chi connectivity index (χ0v) is 7.33. The number of halogens is 1. The monoisotopic (exact) mass is 182 g/mol. The van der Waals surface area contributed by atoms with Gasteiger partial charge >= 0.3 is 0 Å². The summed E-state index contributed by atoms with van der Waals surface area (Å²) in [4.78, 5) is 0. The lowest BCUT2D eigenvalue weighted by Gasteiger charge is -2.15. The van der Waals surface area contributed by atoms with E-state index in [-0.39, 0.29) is 5.82 Å². The van der Waals surface area contributed by atoms with E-state index in [1.165, 1.54) is 6.07 Å². The quantitative estimate of drug-likeness (QED) is 0.702. The Balaban J connectivity index is 2.41. The molecule has 1 saturated heterocycles. The van der Waals surface area contributed by atoms with Gasteiger partial charge in [0.15, 0.2) is 0 Å². The van der Waals surface area contributed by atoms with Gasteiger partial charge in [-0.25, -0.2) is 4.39 Å². The van der Waals surface area contributed by atoms with Gasteiger partial charge in [0.05, 0.1) is 12.7 Å². The van der Waals surface area contributed by atoms with E-state index in [2.05, 4.69) is 0 Å². The molecule has 0 aliphatic carbocycles. The Morgan fingerprint density at radius 2 is 2.15 bits per heavy atom. The van der Waals surface area contributed by atoms with Crippen molar-refractivity contribution in [3.05, 3.63) is 35.6 Å². The molecular formula is C10H11FO2. The van der Waals surface area contributed by atoms with Crippen molar-refractivity contribution in [2.75, 3.05) is 6.61 Å². The van der Waals surface area contributed by atoms with Crippen LogP contribution in [0.5, 0.6) is 0 Å². The molecule has 1 aliphatic heterocycles. The average molecular weight is 182 g/mol. The van der Waals surface area contributed by atoms with Gasteiger partial charge in [0, 0.05) is 5.56 Å². The van der Waals surface area contributed by atoms with Crippen LogP contribution in [0.3, 0.4) is 0 Å². The van der Waals surface area contributed by atoms with Crippen LogP contribution in [0.2, 0.25) is 0 Å². The summed E-state index contributed by atoms with van der Waals surface area (Å²) in [6, 6.07) is 6.39. The number of rotatable bonds is 2. The number of epoxide rings is 1. The molecular weight excluding hydrogens is 171 g/mol. The number of ether oxygens (including phenoxy) is 1. The Bertz CT molecular complexity index is 318. The van der Waals surface area contributed by atoms with Gasteiger partial charge in [0.25, 0.3) is 0 Å². The van der Waals surface area contributed by atoms with Gasteiger partial charge in [-0.05, 0) is 13.0 Å². The van der Waals surface area contributed by atoms with Crippen molar-refractivity contribution < 1.29 is 14.2 Å². The summed E-state index contributed by atoms with van der Waals surface area (Å²) in [5, 5.41) is 9.43. The van der Waals surface area contributed by atoms with E-state index in [0.717, 1.165) is 0 Å². The van der Waals surface area contributed by atoms with Crippen molar-refractivity contribution >= 4 is 0 Å². The van der Waals surface area contributed by atoms with E-state index >= 15 is 0 Å². The summed E-state index contributed by atoms with van der Waals surface area (Å²) < 4.78 is 18.4. The zero-order valence-electron chi connectivity index (χ0n) is 7.33. The van der Waals surface area contributed by atoms with Gasteiger partial charge < -0.3 is 9.84 Å². The molecule has 2 unspecified atom stereocenters. The molecule has 1 aromatic carbocycles.